The van der Waals surface area contributed by atoms with Gasteiger partial charge in [0.25, 0.3) is 0 Å². The Morgan fingerprint density at radius 2 is 0.750 bits per heavy atom. The van der Waals surface area contributed by atoms with Crippen LogP contribution in [0.2, 0.25) is 0 Å². The number of hydrogen-bond acceptors (Lipinski definition) is 0. The van der Waals surface area contributed by atoms with Gasteiger partial charge in [-0.15, -0.1) is 0 Å². The van der Waals surface area contributed by atoms with Gasteiger partial charge in [-0.25, -0.2) is 0 Å². The summed E-state index contributed by atoms with van der Waals surface area (Å²) in [6, 6.07) is 0. The van der Waals surface area contributed by atoms with E-state index in [9.17, 15) is 0 Å². The molecule has 0 amide bonds. The highest BCUT2D eigenvalue weighted by Gasteiger charge is 2.16. The lowest BCUT2D eigenvalue weighted by Crippen LogP contribution is -2.12. The van der Waals surface area contributed by atoms with E-state index in [1.54, 1.807) is 0 Å². The normalized spacial score (nSPS) is 14.5. The Bertz CT molecular complexity index is 333. The van der Waals surface area contributed by atoms with Gasteiger partial charge < -0.3 is 0 Å². The summed E-state index contributed by atoms with van der Waals surface area (Å²) >= 11 is 0. The summed E-state index contributed by atoms with van der Waals surface area (Å²) in [6.45, 7) is 12.0. The molecule has 0 radical (unpaired) electrons. The smallest absolute Gasteiger partial charge is 0.0388 e. The lowest BCUT2D eigenvalue weighted by molar-refractivity contribution is 0.276. The van der Waals surface area contributed by atoms with Crippen LogP contribution >= 0.6 is 0 Å². The minimum atomic E-state index is 0.952. The summed E-state index contributed by atoms with van der Waals surface area (Å²) in [4.78, 5) is 0. The maximum atomic E-state index is 2.57. The van der Waals surface area contributed by atoms with Crippen molar-refractivity contribution in [2.45, 2.75) is 189 Å². The zero-order chi connectivity index (χ0) is 23.7. The lowest BCUT2D eigenvalue weighted by atomic mass is 9.82. The van der Waals surface area contributed by atoms with Crippen molar-refractivity contribution in [1.29, 1.82) is 0 Å². The number of unbranched alkanes of at least 4 members (excludes halogenated alkanes) is 15. The molecule has 0 heteroatoms. The molecule has 0 aromatic heterocycles. The molecule has 194 valence electrons. The molecule has 0 aliphatic heterocycles. The fourth-order valence-corrected chi connectivity index (χ4v) is 5.61. The van der Waals surface area contributed by atoms with Crippen LogP contribution in [0.1, 0.15) is 189 Å². The Morgan fingerprint density at radius 3 is 1.25 bits per heavy atom. The van der Waals surface area contributed by atoms with Crippen molar-refractivity contribution in [3.05, 3.63) is 0 Å². The summed E-state index contributed by atoms with van der Waals surface area (Å²) in [5, 5.41) is 0. The van der Waals surface area contributed by atoms with Crippen LogP contribution < -0.4 is 0 Å². The van der Waals surface area contributed by atoms with Gasteiger partial charge in [0.2, 0.25) is 0 Å². The molecule has 0 fully saturated rings. The van der Waals surface area contributed by atoms with E-state index in [4.69, 9.17) is 0 Å². The third kappa shape index (κ3) is 21.8. The van der Waals surface area contributed by atoms with E-state index in [2.05, 4.69) is 34.6 Å². The van der Waals surface area contributed by atoms with E-state index in [0.29, 0.717) is 0 Å². The Labute approximate surface area is 206 Å². The SMILES string of the molecule is CCCCCCCCCCCCCCC(C)C(CCCC)CCCCCCC(C)CCC. The molecule has 0 bridgehead atoms. The first-order valence-corrected chi connectivity index (χ1v) is 15.7. The molecular formula is C32H66. The van der Waals surface area contributed by atoms with Crippen LogP contribution in [0.15, 0.2) is 0 Å². The van der Waals surface area contributed by atoms with Crippen LogP contribution in [0.3, 0.4) is 0 Å². The minimum absolute atomic E-state index is 0.952. The minimum Gasteiger partial charge on any atom is -0.0654 e. The van der Waals surface area contributed by atoms with E-state index in [0.717, 1.165) is 17.8 Å². The fourth-order valence-electron chi connectivity index (χ4n) is 5.61. The van der Waals surface area contributed by atoms with Crippen LogP contribution in [-0.2, 0) is 0 Å². The van der Waals surface area contributed by atoms with Crippen molar-refractivity contribution >= 4 is 0 Å². The number of rotatable bonds is 26. The molecule has 0 aromatic carbocycles. The van der Waals surface area contributed by atoms with Gasteiger partial charge >= 0.3 is 0 Å². The molecule has 0 aromatic rings. The van der Waals surface area contributed by atoms with Crippen molar-refractivity contribution in [1.82, 2.24) is 0 Å². The van der Waals surface area contributed by atoms with Gasteiger partial charge in [0.15, 0.2) is 0 Å². The van der Waals surface area contributed by atoms with Gasteiger partial charge in [0, 0.05) is 0 Å². The largest absolute Gasteiger partial charge is 0.0654 e. The fraction of sp³-hybridized carbons (Fsp3) is 1.00. The summed E-state index contributed by atoms with van der Waals surface area (Å²) in [6.07, 6.45) is 35.1. The molecule has 3 unspecified atom stereocenters. The van der Waals surface area contributed by atoms with E-state index in [1.807, 2.05) is 0 Å². The van der Waals surface area contributed by atoms with Crippen molar-refractivity contribution in [3.8, 4) is 0 Å². The molecule has 32 heavy (non-hydrogen) atoms. The van der Waals surface area contributed by atoms with E-state index in [-0.39, 0.29) is 0 Å². The summed E-state index contributed by atoms with van der Waals surface area (Å²) in [5.41, 5.74) is 0. The van der Waals surface area contributed by atoms with E-state index in [1.165, 1.54) is 154 Å². The summed E-state index contributed by atoms with van der Waals surface area (Å²) in [7, 11) is 0. The van der Waals surface area contributed by atoms with Gasteiger partial charge in [-0.3, -0.25) is 0 Å². The molecule has 0 spiro atoms. The first-order chi connectivity index (χ1) is 15.7. The van der Waals surface area contributed by atoms with Crippen molar-refractivity contribution in [2.75, 3.05) is 0 Å². The second-order valence-electron chi connectivity index (χ2n) is 11.4. The Kier molecular flexibility index (Phi) is 25.6. The van der Waals surface area contributed by atoms with Crippen molar-refractivity contribution in [3.63, 3.8) is 0 Å². The van der Waals surface area contributed by atoms with Crippen LogP contribution in [0, 0.1) is 17.8 Å². The average Bonchev–Trinajstić information content (AvgIpc) is 2.78. The Morgan fingerprint density at radius 1 is 0.344 bits per heavy atom. The van der Waals surface area contributed by atoms with Gasteiger partial charge in [0.05, 0.1) is 0 Å². The van der Waals surface area contributed by atoms with Crippen LogP contribution in [0.5, 0.6) is 0 Å². The standard InChI is InChI=1S/C32H66/c1-6-9-11-12-13-14-15-16-17-18-19-23-27-31(5)32(28-10-7-2)29-24-21-20-22-26-30(4)25-8-3/h30-32H,6-29H2,1-5H3. The van der Waals surface area contributed by atoms with Gasteiger partial charge in [-0.1, -0.05) is 189 Å². The first kappa shape index (κ1) is 32.0. The third-order valence-electron chi connectivity index (χ3n) is 8.05. The number of hydrogen-bond donors (Lipinski definition) is 0. The second-order valence-corrected chi connectivity index (χ2v) is 11.4. The Hall–Kier alpha value is 0. The predicted molar refractivity (Wildman–Crippen MR) is 150 cm³/mol. The summed E-state index contributed by atoms with van der Waals surface area (Å²) < 4.78 is 0. The van der Waals surface area contributed by atoms with E-state index < -0.39 is 0 Å². The zero-order valence-corrected chi connectivity index (χ0v) is 23.7. The summed E-state index contributed by atoms with van der Waals surface area (Å²) in [5.74, 6) is 2.91. The molecular weight excluding hydrogens is 384 g/mol. The monoisotopic (exact) mass is 451 g/mol. The average molecular weight is 451 g/mol. The predicted octanol–water partition coefficient (Wildman–Crippen LogP) is 12.3. The highest BCUT2D eigenvalue weighted by molar-refractivity contribution is 4.68. The maximum absolute atomic E-state index is 2.57. The van der Waals surface area contributed by atoms with Crippen molar-refractivity contribution < 1.29 is 0 Å². The Balaban J connectivity index is 3.73. The third-order valence-corrected chi connectivity index (χ3v) is 8.05. The van der Waals surface area contributed by atoms with Crippen LogP contribution in [0.25, 0.3) is 0 Å². The topological polar surface area (TPSA) is 0 Å². The molecule has 0 N–H and O–H groups in total. The lowest BCUT2D eigenvalue weighted by Gasteiger charge is -2.24. The molecule has 0 aliphatic carbocycles. The van der Waals surface area contributed by atoms with Crippen LogP contribution in [-0.4, -0.2) is 0 Å². The molecule has 0 saturated heterocycles. The molecule has 0 aliphatic rings. The second kappa shape index (κ2) is 25.6. The molecule has 0 rings (SSSR count). The van der Waals surface area contributed by atoms with Gasteiger partial charge in [-0.05, 0) is 17.8 Å². The highest BCUT2D eigenvalue weighted by Crippen LogP contribution is 2.29. The first-order valence-electron chi connectivity index (χ1n) is 15.7. The zero-order valence-electron chi connectivity index (χ0n) is 23.7. The van der Waals surface area contributed by atoms with Crippen LogP contribution in [0.4, 0.5) is 0 Å². The van der Waals surface area contributed by atoms with Gasteiger partial charge in [-0.2, -0.15) is 0 Å². The highest BCUT2D eigenvalue weighted by atomic mass is 14.2. The molecule has 0 heterocycles. The maximum Gasteiger partial charge on any atom is -0.0388 e. The molecule has 3 atom stereocenters. The molecule has 0 saturated carbocycles. The quantitative estimate of drug-likeness (QED) is 0.115. The van der Waals surface area contributed by atoms with Gasteiger partial charge in [0.1, 0.15) is 0 Å². The van der Waals surface area contributed by atoms with Crippen molar-refractivity contribution in [2.24, 2.45) is 17.8 Å². The van der Waals surface area contributed by atoms with E-state index >= 15 is 0 Å². The molecule has 0 nitrogen and oxygen atoms in total.